The molecule has 0 radical (unpaired) electrons. The Labute approximate surface area is 135 Å². The van der Waals surface area contributed by atoms with Gasteiger partial charge in [-0.2, -0.15) is 0 Å². The molecule has 1 fully saturated rings. The average Bonchev–Trinajstić information content (AvgIpc) is 2.49. The third-order valence-corrected chi connectivity index (χ3v) is 4.16. The maximum Gasteiger partial charge on any atom is 0.128 e. The molecule has 1 aliphatic rings. The fourth-order valence-electron chi connectivity index (χ4n) is 2.58. The number of halogens is 2. The molecule has 0 N–H and O–H groups in total. The highest BCUT2D eigenvalue weighted by atomic mass is 35.5. The highest BCUT2D eigenvalue weighted by Crippen LogP contribution is 2.18. The van der Waals surface area contributed by atoms with Crippen LogP contribution in [0.15, 0.2) is 42.6 Å². The number of benzene rings is 1. The SMILES string of the molecule is Clc1ccc(N2CCN(Cc3cccc(Cl)c3)CC2)nc1. The van der Waals surface area contributed by atoms with Gasteiger partial charge in [0.15, 0.2) is 0 Å². The summed E-state index contributed by atoms with van der Waals surface area (Å²) in [7, 11) is 0. The molecule has 0 spiro atoms. The summed E-state index contributed by atoms with van der Waals surface area (Å²) < 4.78 is 0. The first-order valence-corrected chi connectivity index (χ1v) is 7.79. The van der Waals surface area contributed by atoms with Crippen molar-refractivity contribution in [2.24, 2.45) is 0 Å². The molecule has 110 valence electrons. The number of hydrogen-bond donors (Lipinski definition) is 0. The van der Waals surface area contributed by atoms with Crippen LogP contribution in [0.2, 0.25) is 10.0 Å². The van der Waals surface area contributed by atoms with Crippen molar-refractivity contribution >= 4 is 29.0 Å². The lowest BCUT2D eigenvalue weighted by atomic mass is 10.2. The van der Waals surface area contributed by atoms with Gasteiger partial charge in [0.2, 0.25) is 0 Å². The van der Waals surface area contributed by atoms with E-state index in [0.717, 1.165) is 43.6 Å². The zero-order valence-electron chi connectivity index (χ0n) is 11.7. The van der Waals surface area contributed by atoms with Crippen LogP contribution in [0.5, 0.6) is 0 Å². The van der Waals surface area contributed by atoms with Gasteiger partial charge in [-0.05, 0) is 29.8 Å². The molecule has 0 atom stereocenters. The summed E-state index contributed by atoms with van der Waals surface area (Å²) in [6, 6.07) is 12.0. The van der Waals surface area contributed by atoms with Crippen LogP contribution in [0.1, 0.15) is 5.56 Å². The van der Waals surface area contributed by atoms with E-state index in [0.29, 0.717) is 5.02 Å². The van der Waals surface area contributed by atoms with Gasteiger partial charge in [0.05, 0.1) is 5.02 Å². The second kappa shape index (κ2) is 6.65. The van der Waals surface area contributed by atoms with Crippen molar-refractivity contribution in [1.82, 2.24) is 9.88 Å². The van der Waals surface area contributed by atoms with Crippen LogP contribution in [0.4, 0.5) is 5.82 Å². The van der Waals surface area contributed by atoms with Gasteiger partial charge < -0.3 is 4.90 Å². The van der Waals surface area contributed by atoms with Crippen LogP contribution in [0.25, 0.3) is 0 Å². The van der Waals surface area contributed by atoms with Gasteiger partial charge in [0.25, 0.3) is 0 Å². The minimum atomic E-state index is 0.679. The summed E-state index contributed by atoms with van der Waals surface area (Å²) in [5, 5.41) is 1.48. The van der Waals surface area contributed by atoms with E-state index < -0.39 is 0 Å². The van der Waals surface area contributed by atoms with E-state index in [1.165, 1.54) is 5.56 Å². The van der Waals surface area contributed by atoms with Gasteiger partial charge in [-0.25, -0.2) is 4.98 Å². The summed E-state index contributed by atoms with van der Waals surface area (Å²) in [5.41, 5.74) is 1.26. The first kappa shape index (κ1) is 14.6. The maximum atomic E-state index is 6.03. The van der Waals surface area contributed by atoms with E-state index >= 15 is 0 Å². The Balaban J connectivity index is 1.56. The summed E-state index contributed by atoms with van der Waals surface area (Å²) in [6.07, 6.45) is 1.70. The number of anilines is 1. The van der Waals surface area contributed by atoms with E-state index in [-0.39, 0.29) is 0 Å². The fourth-order valence-corrected chi connectivity index (χ4v) is 2.91. The Hall–Kier alpha value is -1.29. The maximum absolute atomic E-state index is 6.03. The van der Waals surface area contributed by atoms with Crippen molar-refractivity contribution in [3.8, 4) is 0 Å². The standard InChI is InChI=1S/C16H17Cl2N3/c17-14-3-1-2-13(10-14)12-20-6-8-21(9-7-20)16-5-4-15(18)11-19-16/h1-5,10-11H,6-9,12H2. The van der Waals surface area contributed by atoms with Crippen LogP contribution in [-0.2, 0) is 6.54 Å². The molecular weight excluding hydrogens is 305 g/mol. The molecule has 0 amide bonds. The van der Waals surface area contributed by atoms with Crippen LogP contribution in [0, 0.1) is 0 Å². The molecule has 2 heterocycles. The molecule has 21 heavy (non-hydrogen) atoms. The number of pyridine rings is 1. The molecule has 5 heteroatoms. The Morgan fingerprint density at radius 2 is 1.76 bits per heavy atom. The second-order valence-corrected chi connectivity index (χ2v) is 6.10. The summed E-state index contributed by atoms with van der Waals surface area (Å²) in [5.74, 6) is 1.00. The van der Waals surface area contributed by atoms with Gasteiger partial charge in [-0.3, -0.25) is 4.90 Å². The number of piperazine rings is 1. The van der Waals surface area contributed by atoms with E-state index in [9.17, 15) is 0 Å². The molecule has 0 aliphatic carbocycles. The van der Waals surface area contributed by atoms with Crippen molar-refractivity contribution in [2.75, 3.05) is 31.1 Å². The summed E-state index contributed by atoms with van der Waals surface area (Å²) in [4.78, 5) is 9.12. The zero-order chi connectivity index (χ0) is 14.7. The van der Waals surface area contributed by atoms with Crippen molar-refractivity contribution < 1.29 is 0 Å². The quantitative estimate of drug-likeness (QED) is 0.859. The monoisotopic (exact) mass is 321 g/mol. The third-order valence-electron chi connectivity index (χ3n) is 3.70. The largest absolute Gasteiger partial charge is 0.354 e. The molecule has 2 aromatic rings. The lowest BCUT2D eigenvalue weighted by molar-refractivity contribution is 0.249. The van der Waals surface area contributed by atoms with Gasteiger partial charge in [-0.1, -0.05) is 35.3 Å². The second-order valence-electron chi connectivity index (χ2n) is 5.23. The molecule has 0 unspecified atom stereocenters. The molecule has 3 nitrogen and oxygen atoms in total. The van der Waals surface area contributed by atoms with Crippen LogP contribution in [-0.4, -0.2) is 36.1 Å². The number of hydrogen-bond acceptors (Lipinski definition) is 3. The molecule has 3 rings (SSSR count). The Morgan fingerprint density at radius 3 is 2.43 bits per heavy atom. The van der Waals surface area contributed by atoms with Crippen LogP contribution >= 0.6 is 23.2 Å². The van der Waals surface area contributed by atoms with E-state index in [4.69, 9.17) is 23.2 Å². The zero-order valence-corrected chi connectivity index (χ0v) is 13.2. The number of rotatable bonds is 3. The predicted octanol–water partition coefficient (Wildman–Crippen LogP) is 3.71. The van der Waals surface area contributed by atoms with Crippen LogP contribution in [0.3, 0.4) is 0 Å². The van der Waals surface area contributed by atoms with E-state index in [1.807, 2.05) is 30.3 Å². The molecule has 1 aliphatic heterocycles. The first-order valence-electron chi connectivity index (χ1n) is 7.04. The van der Waals surface area contributed by atoms with Crippen molar-refractivity contribution in [3.63, 3.8) is 0 Å². The van der Waals surface area contributed by atoms with Crippen molar-refractivity contribution in [2.45, 2.75) is 6.54 Å². The van der Waals surface area contributed by atoms with Gasteiger partial charge >= 0.3 is 0 Å². The van der Waals surface area contributed by atoms with Crippen molar-refractivity contribution in [3.05, 3.63) is 58.2 Å². The predicted molar refractivity (Wildman–Crippen MR) is 88.2 cm³/mol. The lowest BCUT2D eigenvalue weighted by Gasteiger charge is -2.35. The van der Waals surface area contributed by atoms with Gasteiger partial charge in [0, 0.05) is 43.9 Å². The topological polar surface area (TPSA) is 19.4 Å². The first-order chi connectivity index (χ1) is 10.2. The molecule has 1 saturated heterocycles. The van der Waals surface area contributed by atoms with E-state index in [2.05, 4.69) is 20.9 Å². The van der Waals surface area contributed by atoms with Gasteiger partial charge in [0.1, 0.15) is 5.82 Å². The highest BCUT2D eigenvalue weighted by Gasteiger charge is 2.18. The smallest absolute Gasteiger partial charge is 0.128 e. The fraction of sp³-hybridized carbons (Fsp3) is 0.312. The Bertz CT molecular complexity index is 593. The minimum absolute atomic E-state index is 0.679. The van der Waals surface area contributed by atoms with E-state index in [1.54, 1.807) is 6.20 Å². The minimum Gasteiger partial charge on any atom is -0.354 e. The lowest BCUT2D eigenvalue weighted by Crippen LogP contribution is -2.46. The number of nitrogens with zero attached hydrogens (tertiary/aromatic N) is 3. The van der Waals surface area contributed by atoms with Crippen LogP contribution < -0.4 is 4.90 Å². The average molecular weight is 322 g/mol. The highest BCUT2D eigenvalue weighted by molar-refractivity contribution is 6.30. The molecule has 0 bridgehead atoms. The normalized spacial score (nSPS) is 16.2. The molecule has 0 saturated carbocycles. The van der Waals surface area contributed by atoms with Gasteiger partial charge in [-0.15, -0.1) is 0 Å². The Kier molecular flexibility index (Phi) is 4.63. The summed E-state index contributed by atoms with van der Waals surface area (Å²) >= 11 is 11.9. The molecule has 1 aromatic heterocycles. The molecule has 1 aromatic carbocycles. The van der Waals surface area contributed by atoms with Crippen molar-refractivity contribution in [1.29, 1.82) is 0 Å². The number of aromatic nitrogens is 1. The third kappa shape index (κ3) is 3.88. The Morgan fingerprint density at radius 1 is 0.952 bits per heavy atom. The summed E-state index contributed by atoms with van der Waals surface area (Å²) in [6.45, 7) is 4.96. The molecular formula is C16H17Cl2N3.